The molecule has 0 aliphatic heterocycles. The van der Waals surface area contributed by atoms with Crippen LogP contribution in [0.25, 0.3) is 0 Å². The summed E-state index contributed by atoms with van der Waals surface area (Å²) < 4.78 is 29.0. The molecule has 1 N–H and O–H groups in total. The Balaban J connectivity index is 2.09. The predicted molar refractivity (Wildman–Crippen MR) is 166 cm³/mol. The standard InChI is InChI=1S/C30H34Cl3N3O4S/c1-6-21(4)34-30(38)22(5)35(17-23-10-12-24(31)15-27(23)33)29(37)18-36(28-16-25(32)11-9-20(28)3)41(39,40)26-13-7-19(2)8-14-26/h7-16,21-22H,6,17-18H2,1-5H3,(H,34,38)/t21-,22+/m1/s1. The largest absolute Gasteiger partial charge is 0.352 e. The molecule has 3 rings (SSSR count). The topological polar surface area (TPSA) is 86.8 Å². The van der Waals surface area contributed by atoms with E-state index in [1.54, 1.807) is 56.3 Å². The van der Waals surface area contributed by atoms with Crippen LogP contribution in [0.5, 0.6) is 0 Å². The fourth-order valence-electron chi connectivity index (χ4n) is 4.08. The van der Waals surface area contributed by atoms with Gasteiger partial charge in [0.25, 0.3) is 10.0 Å². The van der Waals surface area contributed by atoms with Gasteiger partial charge in [-0.1, -0.05) is 71.6 Å². The van der Waals surface area contributed by atoms with Crippen molar-refractivity contribution in [3.8, 4) is 0 Å². The third-order valence-corrected chi connectivity index (χ3v) is 9.45. The van der Waals surface area contributed by atoms with E-state index in [0.717, 1.165) is 9.87 Å². The van der Waals surface area contributed by atoms with Gasteiger partial charge < -0.3 is 10.2 Å². The molecule has 0 heterocycles. The molecule has 3 aromatic rings. The molecule has 220 valence electrons. The van der Waals surface area contributed by atoms with Crippen LogP contribution in [0.1, 0.15) is 43.9 Å². The molecule has 11 heteroatoms. The Labute approximate surface area is 257 Å². The maximum Gasteiger partial charge on any atom is 0.264 e. The van der Waals surface area contributed by atoms with Crippen LogP contribution in [-0.4, -0.2) is 43.8 Å². The summed E-state index contributed by atoms with van der Waals surface area (Å²) in [5.41, 5.74) is 2.30. The molecule has 0 radical (unpaired) electrons. The van der Waals surface area contributed by atoms with Gasteiger partial charge in [-0.3, -0.25) is 13.9 Å². The monoisotopic (exact) mass is 637 g/mol. The van der Waals surface area contributed by atoms with Gasteiger partial charge in [-0.25, -0.2) is 8.42 Å². The Morgan fingerprint density at radius 3 is 2.12 bits per heavy atom. The first-order valence-corrected chi connectivity index (χ1v) is 15.7. The van der Waals surface area contributed by atoms with E-state index in [1.807, 2.05) is 20.8 Å². The molecule has 0 unspecified atom stereocenters. The predicted octanol–water partition coefficient (Wildman–Crippen LogP) is 6.79. The molecular weight excluding hydrogens is 605 g/mol. The first kappa shape index (κ1) is 32.7. The van der Waals surface area contributed by atoms with Crippen molar-refractivity contribution in [1.29, 1.82) is 0 Å². The highest BCUT2D eigenvalue weighted by atomic mass is 35.5. The minimum absolute atomic E-state index is 0.0186. The lowest BCUT2D eigenvalue weighted by molar-refractivity contribution is -0.139. The fourth-order valence-corrected chi connectivity index (χ4v) is 6.19. The van der Waals surface area contributed by atoms with Gasteiger partial charge in [0.2, 0.25) is 11.8 Å². The highest BCUT2D eigenvalue weighted by Crippen LogP contribution is 2.30. The van der Waals surface area contributed by atoms with Crippen molar-refractivity contribution < 1.29 is 18.0 Å². The molecule has 0 aliphatic rings. The minimum atomic E-state index is -4.21. The molecule has 0 fully saturated rings. The number of nitrogens with one attached hydrogen (secondary N) is 1. The molecule has 0 spiro atoms. The molecular formula is C30H34Cl3N3O4S. The van der Waals surface area contributed by atoms with Crippen LogP contribution in [0.3, 0.4) is 0 Å². The third kappa shape index (κ3) is 8.16. The van der Waals surface area contributed by atoms with Crippen molar-refractivity contribution in [2.45, 2.75) is 64.6 Å². The number of carbonyl (C=O) groups excluding carboxylic acids is 2. The van der Waals surface area contributed by atoms with Crippen LogP contribution in [0.15, 0.2) is 65.6 Å². The van der Waals surface area contributed by atoms with E-state index < -0.39 is 28.5 Å². The van der Waals surface area contributed by atoms with Crippen molar-refractivity contribution in [2.24, 2.45) is 0 Å². The molecule has 7 nitrogen and oxygen atoms in total. The van der Waals surface area contributed by atoms with Crippen LogP contribution in [0.4, 0.5) is 5.69 Å². The first-order chi connectivity index (χ1) is 19.2. The quantitative estimate of drug-likeness (QED) is 0.251. The maximum absolute atomic E-state index is 14.1. The van der Waals surface area contributed by atoms with E-state index in [2.05, 4.69) is 5.32 Å². The normalized spacial score (nSPS) is 12.9. The molecule has 41 heavy (non-hydrogen) atoms. The van der Waals surface area contributed by atoms with Crippen molar-refractivity contribution in [2.75, 3.05) is 10.8 Å². The van der Waals surface area contributed by atoms with Crippen LogP contribution in [0, 0.1) is 13.8 Å². The second-order valence-corrected chi connectivity index (χ2v) is 13.1. The van der Waals surface area contributed by atoms with E-state index in [4.69, 9.17) is 34.8 Å². The summed E-state index contributed by atoms with van der Waals surface area (Å²) in [7, 11) is -4.21. The summed E-state index contributed by atoms with van der Waals surface area (Å²) in [6.45, 7) is 8.37. The van der Waals surface area contributed by atoms with Gasteiger partial charge in [0, 0.05) is 27.7 Å². The number of hydrogen-bond donors (Lipinski definition) is 1. The van der Waals surface area contributed by atoms with Crippen LogP contribution in [0.2, 0.25) is 15.1 Å². The Bertz CT molecular complexity index is 1510. The van der Waals surface area contributed by atoms with E-state index in [-0.39, 0.29) is 29.1 Å². The number of benzene rings is 3. The Morgan fingerprint density at radius 2 is 1.51 bits per heavy atom. The maximum atomic E-state index is 14.1. The summed E-state index contributed by atoms with van der Waals surface area (Å²) in [6.07, 6.45) is 0.700. The second-order valence-electron chi connectivity index (χ2n) is 10.0. The van der Waals surface area contributed by atoms with Gasteiger partial charge in [-0.05, 0) is 81.6 Å². The number of sulfonamides is 1. The molecule has 0 aliphatic carbocycles. The lowest BCUT2D eigenvalue weighted by Gasteiger charge is -2.33. The van der Waals surface area contributed by atoms with Crippen molar-refractivity contribution >= 4 is 62.3 Å². The van der Waals surface area contributed by atoms with E-state index in [1.165, 1.54) is 23.1 Å². The van der Waals surface area contributed by atoms with Crippen molar-refractivity contribution in [3.05, 3.63) is 92.4 Å². The summed E-state index contributed by atoms with van der Waals surface area (Å²) >= 11 is 18.8. The number of aryl methyl sites for hydroxylation is 2. The Kier molecular flexibility index (Phi) is 11.1. The van der Waals surface area contributed by atoms with Gasteiger partial charge in [-0.2, -0.15) is 0 Å². The zero-order valence-corrected chi connectivity index (χ0v) is 26.7. The Morgan fingerprint density at radius 1 is 0.902 bits per heavy atom. The number of rotatable bonds is 11. The minimum Gasteiger partial charge on any atom is -0.352 e. The molecule has 0 bridgehead atoms. The molecule has 0 saturated carbocycles. The fraction of sp³-hybridized carbons (Fsp3) is 0.333. The summed E-state index contributed by atoms with van der Waals surface area (Å²) in [6, 6.07) is 15.0. The van der Waals surface area contributed by atoms with Crippen LogP contribution in [-0.2, 0) is 26.2 Å². The number of hydrogen-bond acceptors (Lipinski definition) is 4. The summed E-state index contributed by atoms with van der Waals surface area (Å²) in [4.78, 5) is 28.6. The van der Waals surface area contributed by atoms with Crippen molar-refractivity contribution in [1.82, 2.24) is 10.2 Å². The SMILES string of the molecule is CC[C@@H](C)NC(=O)[C@H](C)N(Cc1ccc(Cl)cc1Cl)C(=O)CN(c1cc(Cl)ccc1C)S(=O)(=O)c1ccc(C)cc1. The summed E-state index contributed by atoms with van der Waals surface area (Å²) in [5.74, 6) is -0.970. The Hall–Kier alpha value is -2.78. The summed E-state index contributed by atoms with van der Waals surface area (Å²) in [5, 5.41) is 3.96. The molecule has 0 saturated heterocycles. The van der Waals surface area contributed by atoms with Crippen LogP contribution < -0.4 is 9.62 Å². The highest BCUT2D eigenvalue weighted by molar-refractivity contribution is 7.92. The number of amides is 2. The van der Waals surface area contributed by atoms with E-state index in [9.17, 15) is 18.0 Å². The number of nitrogens with zero attached hydrogens (tertiary/aromatic N) is 2. The smallest absolute Gasteiger partial charge is 0.264 e. The number of carbonyl (C=O) groups is 2. The second kappa shape index (κ2) is 13.9. The van der Waals surface area contributed by atoms with E-state index in [0.29, 0.717) is 32.6 Å². The van der Waals surface area contributed by atoms with Gasteiger partial charge in [0.05, 0.1) is 10.6 Å². The van der Waals surface area contributed by atoms with Gasteiger partial charge in [0.1, 0.15) is 12.6 Å². The average Bonchev–Trinajstić information content (AvgIpc) is 2.92. The number of halogens is 3. The molecule has 0 aromatic heterocycles. The van der Waals surface area contributed by atoms with Crippen molar-refractivity contribution in [3.63, 3.8) is 0 Å². The molecule has 3 aromatic carbocycles. The lowest BCUT2D eigenvalue weighted by atomic mass is 10.1. The van der Waals surface area contributed by atoms with Crippen LogP contribution >= 0.6 is 34.8 Å². The average molecular weight is 639 g/mol. The molecule has 2 atom stereocenters. The zero-order chi connectivity index (χ0) is 30.5. The third-order valence-electron chi connectivity index (χ3n) is 6.85. The molecule has 2 amide bonds. The van der Waals surface area contributed by atoms with Gasteiger partial charge in [0.15, 0.2) is 0 Å². The number of anilines is 1. The van der Waals surface area contributed by atoms with Gasteiger partial charge >= 0.3 is 0 Å². The van der Waals surface area contributed by atoms with Gasteiger partial charge in [-0.15, -0.1) is 0 Å². The van der Waals surface area contributed by atoms with E-state index >= 15 is 0 Å². The highest BCUT2D eigenvalue weighted by Gasteiger charge is 2.33. The lowest BCUT2D eigenvalue weighted by Crippen LogP contribution is -2.52. The first-order valence-electron chi connectivity index (χ1n) is 13.1. The zero-order valence-electron chi connectivity index (χ0n) is 23.6.